The summed E-state index contributed by atoms with van der Waals surface area (Å²) in [6.45, 7) is 4.28. The number of hydrogen-bond acceptors (Lipinski definition) is 5. The minimum Gasteiger partial charge on any atom is -0.871 e. The molecule has 0 spiro atoms. The van der Waals surface area contributed by atoms with E-state index in [1.807, 2.05) is 24.3 Å². The Bertz CT molecular complexity index is 1110. The van der Waals surface area contributed by atoms with Gasteiger partial charge >= 0.3 is 29.6 Å². The van der Waals surface area contributed by atoms with Crippen molar-refractivity contribution in [2.45, 2.75) is 31.1 Å². The first kappa shape index (κ1) is 22.5. The number of rotatable bonds is 5. The summed E-state index contributed by atoms with van der Waals surface area (Å²) in [5.41, 5.74) is 1.96. The Morgan fingerprint density at radius 3 is 2.32 bits per heavy atom. The average molecular weight is 406 g/mol. The molecule has 0 radical (unpaired) electrons. The summed E-state index contributed by atoms with van der Waals surface area (Å²) in [6.07, 6.45) is 1.04. The Morgan fingerprint density at radius 1 is 1.04 bits per heavy atom. The Balaban J connectivity index is 0.00000280. The molecule has 0 heterocycles. The molecule has 8 heteroatoms. The molecule has 0 aromatic heterocycles. The fourth-order valence-electron chi connectivity index (χ4n) is 2.75. The van der Waals surface area contributed by atoms with Crippen molar-refractivity contribution < 1.29 is 47.6 Å². The molecule has 3 aromatic rings. The van der Waals surface area contributed by atoms with Gasteiger partial charge in [-0.25, -0.2) is 0 Å². The molecule has 0 aliphatic carbocycles. The van der Waals surface area contributed by atoms with E-state index >= 15 is 0 Å². The van der Waals surface area contributed by atoms with Gasteiger partial charge < -0.3 is 5.11 Å². The second-order valence-corrected chi connectivity index (χ2v) is 7.79. The molecular formula is C20H19N2NaO4S. The molecule has 1 atom stereocenters. The third kappa shape index (κ3) is 4.98. The van der Waals surface area contributed by atoms with Gasteiger partial charge in [-0.3, -0.25) is 4.55 Å². The van der Waals surface area contributed by atoms with E-state index in [0.29, 0.717) is 22.4 Å². The van der Waals surface area contributed by atoms with Crippen LogP contribution in [0.25, 0.3) is 10.8 Å². The van der Waals surface area contributed by atoms with E-state index in [-0.39, 0.29) is 45.9 Å². The molecule has 1 N–H and O–H groups in total. The van der Waals surface area contributed by atoms with Crippen molar-refractivity contribution in [1.29, 1.82) is 0 Å². The van der Waals surface area contributed by atoms with Crippen molar-refractivity contribution in [2.75, 3.05) is 0 Å². The number of fused-ring (bicyclic) bond motifs is 1. The van der Waals surface area contributed by atoms with Gasteiger partial charge in [-0.2, -0.15) is 18.6 Å². The minimum absolute atomic E-state index is 0. The first-order valence-electron chi connectivity index (χ1n) is 8.52. The molecule has 1 unspecified atom stereocenters. The molecule has 0 saturated heterocycles. The molecule has 0 amide bonds. The first-order chi connectivity index (χ1) is 12.8. The van der Waals surface area contributed by atoms with Crippen molar-refractivity contribution in [3.8, 4) is 5.75 Å². The molecule has 3 rings (SSSR count). The normalized spacial score (nSPS) is 12.8. The van der Waals surface area contributed by atoms with Crippen LogP contribution >= 0.6 is 0 Å². The zero-order chi connectivity index (χ0) is 19.6. The minimum atomic E-state index is -4.32. The van der Waals surface area contributed by atoms with Crippen molar-refractivity contribution >= 4 is 32.3 Å². The molecule has 28 heavy (non-hydrogen) atoms. The van der Waals surface area contributed by atoms with E-state index in [4.69, 9.17) is 0 Å². The number of nitrogens with zero attached hydrogens (tertiary/aromatic N) is 2. The molecule has 0 saturated carbocycles. The van der Waals surface area contributed by atoms with Crippen molar-refractivity contribution in [2.24, 2.45) is 10.2 Å². The Labute approximate surface area is 186 Å². The van der Waals surface area contributed by atoms with Crippen LogP contribution in [0.4, 0.5) is 11.4 Å². The first-order valence-corrected chi connectivity index (χ1v) is 9.96. The van der Waals surface area contributed by atoms with Gasteiger partial charge in [0, 0.05) is 5.39 Å². The van der Waals surface area contributed by atoms with Crippen LogP contribution in [0.1, 0.15) is 31.7 Å². The predicted molar refractivity (Wildman–Crippen MR) is 103 cm³/mol. The molecule has 140 valence electrons. The van der Waals surface area contributed by atoms with Gasteiger partial charge in [-0.15, -0.1) is 0 Å². The third-order valence-electron chi connectivity index (χ3n) is 4.56. The summed E-state index contributed by atoms with van der Waals surface area (Å²) in [4.78, 5) is -0.239. The molecular weight excluding hydrogens is 387 g/mol. The molecule has 3 aromatic carbocycles. The maximum atomic E-state index is 12.2. The molecule has 6 nitrogen and oxygen atoms in total. The monoisotopic (exact) mass is 406 g/mol. The summed E-state index contributed by atoms with van der Waals surface area (Å²) in [5, 5.41) is 21.4. The van der Waals surface area contributed by atoms with Crippen LogP contribution in [0.5, 0.6) is 5.75 Å². The molecule has 0 aliphatic rings. The van der Waals surface area contributed by atoms with Crippen LogP contribution in [0.15, 0.2) is 69.7 Å². The number of benzene rings is 3. The SMILES string of the molecule is CCC(C)c1ccc(N=Nc2c([O-])ccc3cc(S(=O)(=O)O)ccc23)cc1.[Na+]. The zero-order valence-electron chi connectivity index (χ0n) is 16.0. The van der Waals surface area contributed by atoms with E-state index in [0.717, 1.165) is 6.42 Å². The zero-order valence-corrected chi connectivity index (χ0v) is 18.8. The van der Waals surface area contributed by atoms with Crippen LogP contribution in [-0.2, 0) is 10.1 Å². The summed E-state index contributed by atoms with van der Waals surface area (Å²) in [5.74, 6) is 0.140. The maximum absolute atomic E-state index is 12.2. The Hall–Kier alpha value is -1.77. The van der Waals surface area contributed by atoms with E-state index in [1.54, 1.807) is 0 Å². The smallest absolute Gasteiger partial charge is 0.871 e. The number of hydrogen-bond donors (Lipinski definition) is 1. The fraction of sp³-hybridized carbons (Fsp3) is 0.200. The van der Waals surface area contributed by atoms with Gasteiger partial charge in [-0.05, 0) is 47.6 Å². The summed E-state index contributed by atoms with van der Waals surface area (Å²) in [6, 6.07) is 14.4. The van der Waals surface area contributed by atoms with E-state index < -0.39 is 10.1 Å². The van der Waals surface area contributed by atoms with E-state index in [9.17, 15) is 18.1 Å². The summed E-state index contributed by atoms with van der Waals surface area (Å²) in [7, 11) is -4.32. The van der Waals surface area contributed by atoms with Crippen LogP contribution in [0, 0.1) is 0 Å². The largest absolute Gasteiger partial charge is 1.00 e. The topological polar surface area (TPSA) is 102 Å². The van der Waals surface area contributed by atoms with E-state index in [1.165, 1.54) is 35.9 Å². The van der Waals surface area contributed by atoms with Gasteiger partial charge in [0.25, 0.3) is 10.1 Å². The predicted octanol–water partition coefficient (Wildman–Crippen LogP) is 2.09. The van der Waals surface area contributed by atoms with E-state index in [2.05, 4.69) is 24.1 Å². The summed E-state index contributed by atoms with van der Waals surface area (Å²) >= 11 is 0. The van der Waals surface area contributed by atoms with Crippen LogP contribution in [0.2, 0.25) is 0 Å². The van der Waals surface area contributed by atoms with Gasteiger partial charge in [0.05, 0.1) is 16.3 Å². The quantitative estimate of drug-likeness (QED) is 0.398. The number of azo groups is 1. The van der Waals surface area contributed by atoms with Crippen molar-refractivity contribution in [1.82, 2.24) is 0 Å². The van der Waals surface area contributed by atoms with Crippen LogP contribution < -0.4 is 34.7 Å². The van der Waals surface area contributed by atoms with Gasteiger partial charge in [0.15, 0.2) is 0 Å². The maximum Gasteiger partial charge on any atom is 1.00 e. The summed E-state index contributed by atoms with van der Waals surface area (Å²) < 4.78 is 31.7. The second kappa shape index (κ2) is 9.15. The van der Waals surface area contributed by atoms with Gasteiger partial charge in [-0.1, -0.05) is 49.9 Å². The van der Waals surface area contributed by atoms with Crippen molar-refractivity contribution in [3.63, 3.8) is 0 Å². The Morgan fingerprint density at radius 2 is 1.71 bits per heavy atom. The fourth-order valence-corrected chi connectivity index (χ4v) is 3.26. The van der Waals surface area contributed by atoms with Gasteiger partial charge in [0.1, 0.15) is 0 Å². The van der Waals surface area contributed by atoms with Crippen molar-refractivity contribution in [3.05, 3.63) is 60.2 Å². The van der Waals surface area contributed by atoms with Crippen LogP contribution in [-0.4, -0.2) is 13.0 Å². The molecule has 0 fully saturated rings. The standard InChI is InChI=1S/C20H20N2O4S.Na/c1-3-13(2)14-4-7-16(8-5-14)21-22-20-18-10-9-17(27(24,25)26)12-15(18)6-11-19(20)23;/h4-13,23H,3H2,1-2H3,(H,24,25,26);/q;+1/p-1. The molecule has 0 bridgehead atoms. The van der Waals surface area contributed by atoms with Gasteiger partial charge in [0.2, 0.25) is 0 Å². The Kier molecular flexibility index (Phi) is 7.36. The average Bonchev–Trinajstić information content (AvgIpc) is 2.66. The van der Waals surface area contributed by atoms with Crippen LogP contribution in [0.3, 0.4) is 0 Å². The third-order valence-corrected chi connectivity index (χ3v) is 5.41. The second-order valence-electron chi connectivity index (χ2n) is 6.37. The molecule has 0 aliphatic heterocycles.